The van der Waals surface area contributed by atoms with Gasteiger partial charge < -0.3 is 19.4 Å². The van der Waals surface area contributed by atoms with Crippen molar-refractivity contribution in [2.24, 2.45) is 7.05 Å². The number of nitriles is 1. The van der Waals surface area contributed by atoms with Gasteiger partial charge in [0.2, 0.25) is 5.95 Å². The molecule has 12 heteroatoms. The highest BCUT2D eigenvalue weighted by Gasteiger charge is 2.28. The van der Waals surface area contributed by atoms with Gasteiger partial charge in [-0.05, 0) is 12.5 Å². The lowest BCUT2D eigenvalue weighted by molar-refractivity contribution is 0.183. The van der Waals surface area contributed by atoms with E-state index >= 15 is 0 Å². The van der Waals surface area contributed by atoms with E-state index in [9.17, 15) is 5.26 Å². The maximum absolute atomic E-state index is 9.25. The van der Waals surface area contributed by atoms with Gasteiger partial charge in [0.15, 0.2) is 17.1 Å². The molecule has 1 aliphatic heterocycles. The largest absolute Gasteiger partial charge is 0.454 e. The molecule has 6 heterocycles. The first-order valence-corrected chi connectivity index (χ1v) is 12.0. The van der Waals surface area contributed by atoms with Crippen molar-refractivity contribution >= 4 is 34.0 Å². The predicted molar refractivity (Wildman–Crippen MR) is 136 cm³/mol. The fraction of sp³-hybridized carbons (Fsp3) is 0.360. The number of hydrogen-bond acceptors (Lipinski definition) is 9. The Kier molecular flexibility index (Phi) is 5.31. The number of nitrogens with one attached hydrogen (secondary N) is 2. The zero-order valence-corrected chi connectivity index (χ0v) is 21.0. The lowest BCUT2D eigenvalue weighted by Crippen LogP contribution is -2.22. The van der Waals surface area contributed by atoms with Gasteiger partial charge >= 0.3 is 0 Å². The Labute approximate surface area is 212 Å². The lowest BCUT2D eigenvalue weighted by atomic mass is 9.91. The molecule has 1 atom stereocenters. The predicted octanol–water partition coefficient (Wildman–Crippen LogP) is 4.10. The third-order valence-corrected chi connectivity index (χ3v) is 6.44. The average Bonchev–Trinajstić information content (AvgIpc) is 3.65. The van der Waals surface area contributed by atoms with Crippen molar-refractivity contribution in [3.63, 3.8) is 0 Å². The number of aromatic amines is 1. The van der Waals surface area contributed by atoms with Crippen LogP contribution in [0.3, 0.4) is 0 Å². The summed E-state index contributed by atoms with van der Waals surface area (Å²) in [6.07, 6.45) is 4.11. The molecule has 37 heavy (non-hydrogen) atoms. The summed E-state index contributed by atoms with van der Waals surface area (Å²) in [4.78, 5) is 13.4. The molecule has 0 bridgehead atoms. The molecule has 0 radical (unpaired) electrons. The zero-order valence-electron chi connectivity index (χ0n) is 21.0. The van der Waals surface area contributed by atoms with E-state index in [4.69, 9.17) is 14.6 Å². The summed E-state index contributed by atoms with van der Waals surface area (Å²) in [6.45, 7) is 7.97. The van der Waals surface area contributed by atoms with Gasteiger partial charge in [0.25, 0.3) is 0 Å². The zero-order chi connectivity index (χ0) is 25.7. The Hall–Kier alpha value is -4.50. The van der Waals surface area contributed by atoms with Gasteiger partial charge in [-0.25, -0.2) is 9.97 Å². The number of ether oxygens (including phenoxy) is 2. The first-order chi connectivity index (χ1) is 17.8. The quantitative estimate of drug-likeness (QED) is 0.366. The lowest BCUT2D eigenvalue weighted by Gasteiger charge is -2.22. The number of fused-ring (bicyclic) bond motifs is 2. The summed E-state index contributed by atoms with van der Waals surface area (Å²) in [5.74, 6) is 2.33. The van der Waals surface area contributed by atoms with E-state index in [1.165, 1.54) is 0 Å². The topological polar surface area (TPSA) is 144 Å². The standard InChI is InChI=1S/C25H26N10O2/c1-25(2,3)20-9-21(33-35(20)14-5-6-36-13-14)29-24-30-23-19(34(24)4)8-16(12-28-23)37-15-7-17-18(10-26)31-32-22(17)27-11-15/h7-9,11-12,14H,5-6,13H2,1-4H3,(H,27,31,32)(H,28,29,30,33)/t14-/m0/s1. The average molecular weight is 499 g/mol. The fourth-order valence-corrected chi connectivity index (χ4v) is 4.50. The van der Waals surface area contributed by atoms with E-state index in [1.54, 1.807) is 18.5 Å². The second-order valence-corrected chi connectivity index (χ2v) is 10.1. The fourth-order valence-electron chi connectivity index (χ4n) is 4.50. The van der Waals surface area contributed by atoms with Crippen LogP contribution in [0, 0.1) is 11.3 Å². The molecule has 0 aromatic carbocycles. The second kappa shape index (κ2) is 8.56. The van der Waals surface area contributed by atoms with E-state index in [2.05, 4.69) is 68.1 Å². The van der Waals surface area contributed by atoms with E-state index < -0.39 is 0 Å². The van der Waals surface area contributed by atoms with Crippen molar-refractivity contribution in [3.8, 4) is 17.6 Å². The number of aromatic nitrogens is 8. The second-order valence-electron chi connectivity index (χ2n) is 10.1. The van der Waals surface area contributed by atoms with Crippen LogP contribution < -0.4 is 10.1 Å². The summed E-state index contributed by atoms with van der Waals surface area (Å²) < 4.78 is 15.6. The van der Waals surface area contributed by atoms with Gasteiger partial charge in [-0.3, -0.25) is 9.78 Å². The molecule has 6 rings (SSSR count). The molecular weight excluding hydrogens is 472 g/mol. The number of hydrogen-bond donors (Lipinski definition) is 2. The Morgan fingerprint density at radius 3 is 2.68 bits per heavy atom. The van der Waals surface area contributed by atoms with Crippen LogP contribution in [0.2, 0.25) is 0 Å². The molecule has 5 aromatic rings. The minimum atomic E-state index is -0.0714. The smallest absolute Gasteiger partial charge is 0.210 e. The molecule has 12 nitrogen and oxygen atoms in total. The van der Waals surface area contributed by atoms with Crippen molar-refractivity contribution in [1.29, 1.82) is 5.26 Å². The number of pyridine rings is 2. The Bertz CT molecular complexity index is 1660. The molecular formula is C25H26N10O2. The first-order valence-electron chi connectivity index (χ1n) is 12.0. The monoisotopic (exact) mass is 498 g/mol. The van der Waals surface area contributed by atoms with Gasteiger partial charge in [-0.2, -0.15) is 20.4 Å². The molecule has 1 fully saturated rings. The minimum absolute atomic E-state index is 0.0714. The van der Waals surface area contributed by atoms with Crippen LogP contribution in [0.25, 0.3) is 22.2 Å². The van der Waals surface area contributed by atoms with Crippen molar-refractivity contribution in [2.45, 2.75) is 38.6 Å². The molecule has 2 N–H and O–H groups in total. The highest BCUT2D eigenvalue weighted by Crippen LogP contribution is 2.32. The number of nitrogens with zero attached hydrogens (tertiary/aromatic N) is 8. The van der Waals surface area contributed by atoms with Crippen molar-refractivity contribution in [1.82, 2.24) is 39.5 Å². The van der Waals surface area contributed by atoms with E-state index in [1.807, 2.05) is 17.7 Å². The van der Waals surface area contributed by atoms with E-state index in [0.29, 0.717) is 46.4 Å². The number of aryl methyl sites for hydroxylation is 1. The molecule has 0 saturated carbocycles. The third-order valence-electron chi connectivity index (χ3n) is 6.44. The number of rotatable bonds is 5. The Balaban J connectivity index is 1.29. The highest BCUT2D eigenvalue weighted by molar-refractivity contribution is 5.81. The van der Waals surface area contributed by atoms with Crippen molar-refractivity contribution < 1.29 is 9.47 Å². The van der Waals surface area contributed by atoms with Crippen LogP contribution in [-0.4, -0.2) is 52.7 Å². The van der Waals surface area contributed by atoms with Crippen LogP contribution in [0.15, 0.2) is 30.6 Å². The maximum Gasteiger partial charge on any atom is 0.210 e. The highest BCUT2D eigenvalue weighted by atomic mass is 16.5. The number of anilines is 2. The SMILES string of the molecule is Cn1c(Nc2cc(C(C)(C)C)n([C@H]3CCOC3)n2)nc2ncc(Oc3cnc4n[nH]c(C#N)c4c3)cc21. The molecule has 0 amide bonds. The summed E-state index contributed by atoms with van der Waals surface area (Å²) >= 11 is 0. The summed E-state index contributed by atoms with van der Waals surface area (Å²) in [5.41, 5.74) is 3.22. The Morgan fingerprint density at radius 2 is 1.95 bits per heavy atom. The summed E-state index contributed by atoms with van der Waals surface area (Å²) in [7, 11) is 1.91. The van der Waals surface area contributed by atoms with Crippen LogP contribution >= 0.6 is 0 Å². The van der Waals surface area contributed by atoms with Crippen LogP contribution in [-0.2, 0) is 17.2 Å². The van der Waals surface area contributed by atoms with Crippen LogP contribution in [0.5, 0.6) is 11.5 Å². The van der Waals surface area contributed by atoms with Crippen molar-refractivity contribution in [2.75, 3.05) is 18.5 Å². The molecule has 0 spiro atoms. The van der Waals surface area contributed by atoms with Crippen LogP contribution in [0.1, 0.15) is 44.6 Å². The minimum Gasteiger partial charge on any atom is -0.454 e. The van der Waals surface area contributed by atoms with Gasteiger partial charge in [0, 0.05) is 36.9 Å². The van der Waals surface area contributed by atoms with E-state index in [0.717, 1.165) is 30.1 Å². The summed E-state index contributed by atoms with van der Waals surface area (Å²) in [5, 5.41) is 24.7. The van der Waals surface area contributed by atoms with Gasteiger partial charge in [0.1, 0.15) is 23.3 Å². The maximum atomic E-state index is 9.25. The summed E-state index contributed by atoms with van der Waals surface area (Å²) in [6, 6.07) is 7.96. The van der Waals surface area contributed by atoms with Gasteiger partial charge in [-0.1, -0.05) is 20.8 Å². The molecule has 5 aromatic heterocycles. The van der Waals surface area contributed by atoms with E-state index in [-0.39, 0.29) is 11.5 Å². The molecule has 0 aliphatic carbocycles. The molecule has 1 aliphatic rings. The van der Waals surface area contributed by atoms with Crippen LogP contribution in [0.4, 0.5) is 11.8 Å². The Morgan fingerprint density at radius 1 is 1.16 bits per heavy atom. The first kappa shape index (κ1) is 22.9. The third kappa shape index (κ3) is 4.13. The number of imidazole rings is 1. The normalized spacial score (nSPS) is 15.9. The molecule has 0 unspecified atom stereocenters. The molecule has 1 saturated heterocycles. The molecule has 188 valence electrons. The number of H-pyrrole nitrogens is 1. The van der Waals surface area contributed by atoms with Gasteiger partial charge in [-0.15, -0.1) is 0 Å². The van der Waals surface area contributed by atoms with Crippen molar-refractivity contribution in [3.05, 3.63) is 42.0 Å². The van der Waals surface area contributed by atoms with Gasteiger partial charge in [0.05, 0.1) is 35.9 Å².